The highest BCUT2D eigenvalue weighted by Gasteiger charge is 2.21. The van der Waals surface area contributed by atoms with E-state index in [0.717, 1.165) is 79.8 Å². The Kier molecular flexibility index (Phi) is 7.99. The number of carbonyl (C=O) groups excluding carboxylic acids is 1. The Balaban J connectivity index is 1.38. The molecule has 2 aromatic heterocycles. The Morgan fingerprint density at radius 1 is 0.722 bits per heavy atom. The van der Waals surface area contributed by atoms with E-state index in [9.17, 15) is 4.79 Å². The lowest BCUT2D eigenvalue weighted by Crippen LogP contribution is -2.35. The van der Waals surface area contributed by atoms with Gasteiger partial charge in [0.1, 0.15) is 0 Å². The van der Waals surface area contributed by atoms with E-state index in [2.05, 4.69) is 45.1 Å². The van der Waals surface area contributed by atoms with Crippen LogP contribution in [0, 0.1) is 0 Å². The fourth-order valence-corrected chi connectivity index (χ4v) is 5.07. The van der Waals surface area contributed by atoms with Crippen LogP contribution in [0.3, 0.4) is 0 Å². The van der Waals surface area contributed by atoms with Crippen LogP contribution in [0.25, 0.3) is 22.3 Å². The molecule has 4 aromatic rings. The van der Waals surface area contributed by atoms with Gasteiger partial charge in [-0.1, -0.05) is 67.4 Å². The van der Waals surface area contributed by atoms with E-state index >= 15 is 0 Å². The first-order chi connectivity index (χ1) is 17.8. The second kappa shape index (κ2) is 11.9. The van der Waals surface area contributed by atoms with Gasteiger partial charge < -0.3 is 4.90 Å². The summed E-state index contributed by atoms with van der Waals surface area (Å²) in [5.74, 6) is 0.0969. The summed E-state index contributed by atoms with van der Waals surface area (Å²) in [6, 6.07) is 26.4. The molecule has 0 aliphatic carbocycles. The number of hydrogen-bond acceptors (Lipinski definition) is 4. The lowest BCUT2D eigenvalue weighted by atomic mass is 10.0. The number of aromatic nitrogens is 2. The summed E-state index contributed by atoms with van der Waals surface area (Å²) >= 11 is 0. The van der Waals surface area contributed by atoms with Crippen molar-refractivity contribution in [2.45, 2.75) is 38.6 Å². The fourth-order valence-electron chi connectivity index (χ4n) is 5.07. The molecule has 1 saturated heterocycles. The van der Waals surface area contributed by atoms with E-state index in [0.29, 0.717) is 0 Å². The van der Waals surface area contributed by atoms with E-state index < -0.39 is 0 Å². The van der Waals surface area contributed by atoms with Gasteiger partial charge in [-0.15, -0.1) is 0 Å². The predicted octanol–water partition coefficient (Wildman–Crippen LogP) is 6.21. The molecule has 5 rings (SSSR count). The van der Waals surface area contributed by atoms with Crippen molar-refractivity contribution in [3.63, 3.8) is 0 Å². The Labute approximate surface area is 213 Å². The Morgan fingerprint density at radius 2 is 1.44 bits per heavy atom. The smallest absolute Gasteiger partial charge is 0.254 e. The molecular formula is C31H34N4O. The van der Waals surface area contributed by atoms with Gasteiger partial charge in [0, 0.05) is 37.8 Å². The summed E-state index contributed by atoms with van der Waals surface area (Å²) in [7, 11) is 0. The van der Waals surface area contributed by atoms with Gasteiger partial charge in [-0.2, -0.15) is 0 Å². The van der Waals surface area contributed by atoms with Crippen LogP contribution in [0.1, 0.15) is 48.0 Å². The molecule has 5 nitrogen and oxygen atoms in total. The summed E-state index contributed by atoms with van der Waals surface area (Å²) < 4.78 is 0. The summed E-state index contributed by atoms with van der Waals surface area (Å²) in [4.78, 5) is 27.9. The molecule has 3 heterocycles. The molecule has 0 spiro atoms. The van der Waals surface area contributed by atoms with Crippen LogP contribution in [0.2, 0.25) is 0 Å². The van der Waals surface area contributed by atoms with Crippen LogP contribution in [-0.2, 0) is 6.54 Å². The minimum Gasteiger partial charge on any atom is -0.339 e. The molecule has 0 saturated carbocycles. The molecule has 184 valence electrons. The van der Waals surface area contributed by atoms with Crippen LogP contribution < -0.4 is 0 Å². The van der Waals surface area contributed by atoms with Crippen LogP contribution in [0.15, 0.2) is 85.1 Å². The van der Waals surface area contributed by atoms with Crippen LogP contribution >= 0.6 is 0 Å². The minimum absolute atomic E-state index is 0.0969. The number of amides is 1. The van der Waals surface area contributed by atoms with Crippen LogP contribution in [0.5, 0.6) is 0 Å². The second-order valence-corrected chi connectivity index (χ2v) is 9.61. The van der Waals surface area contributed by atoms with Gasteiger partial charge in [0.15, 0.2) is 0 Å². The van der Waals surface area contributed by atoms with Crippen molar-refractivity contribution in [2.24, 2.45) is 0 Å². The van der Waals surface area contributed by atoms with Crippen molar-refractivity contribution in [2.75, 3.05) is 26.2 Å². The second-order valence-electron chi connectivity index (χ2n) is 9.61. The summed E-state index contributed by atoms with van der Waals surface area (Å²) in [5.41, 5.74) is 4.43. The maximum atomic E-state index is 14.0. The van der Waals surface area contributed by atoms with Gasteiger partial charge in [0.05, 0.1) is 22.5 Å². The summed E-state index contributed by atoms with van der Waals surface area (Å²) in [6.45, 7) is 4.64. The van der Waals surface area contributed by atoms with Crippen molar-refractivity contribution < 1.29 is 4.79 Å². The van der Waals surface area contributed by atoms with Gasteiger partial charge >= 0.3 is 0 Å². The maximum absolute atomic E-state index is 14.0. The van der Waals surface area contributed by atoms with Crippen molar-refractivity contribution in [1.82, 2.24) is 19.8 Å². The SMILES string of the molecule is O=C(c1cc(-c2ccccn2)nc2ccccc12)N1CCCCCCN(Cc2ccccc2)CCC1. The van der Waals surface area contributed by atoms with Gasteiger partial charge in [0.25, 0.3) is 5.91 Å². The van der Waals surface area contributed by atoms with E-state index in [1.165, 1.54) is 18.4 Å². The average Bonchev–Trinajstić information content (AvgIpc) is 2.98. The number of hydrogen-bond donors (Lipinski definition) is 0. The highest BCUT2D eigenvalue weighted by Crippen LogP contribution is 2.25. The third-order valence-corrected chi connectivity index (χ3v) is 6.96. The normalized spacial score (nSPS) is 15.9. The highest BCUT2D eigenvalue weighted by molar-refractivity contribution is 6.07. The number of benzene rings is 2. The van der Waals surface area contributed by atoms with E-state index in [1.807, 2.05) is 48.5 Å². The lowest BCUT2D eigenvalue weighted by Gasteiger charge is -2.26. The quantitative estimate of drug-likeness (QED) is 0.350. The van der Waals surface area contributed by atoms with Crippen LogP contribution in [-0.4, -0.2) is 51.9 Å². The molecule has 1 amide bonds. The monoisotopic (exact) mass is 478 g/mol. The molecule has 0 bridgehead atoms. The molecular weight excluding hydrogens is 444 g/mol. The van der Waals surface area contributed by atoms with E-state index in [4.69, 9.17) is 4.98 Å². The Hall–Kier alpha value is -3.57. The Bertz CT molecular complexity index is 1280. The molecule has 5 heteroatoms. The first-order valence-electron chi connectivity index (χ1n) is 13.1. The highest BCUT2D eigenvalue weighted by atomic mass is 16.2. The average molecular weight is 479 g/mol. The van der Waals surface area contributed by atoms with Gasteiger partial charge in [-0.25, -0.2) is 4.98 Å². The zero-order chi connectivity index (χ0) is 24.6. The number of para-hydroxylation sites is 1. The predicted molar refractivity (Wildman–Crippen MR) is 146 cm³/mol. The van der Waals surface area contributed by atoms with Gasteiger partial charge in [0.2, 0.25) is 0 Å². The van der Waals surface area contributed by atoms with Crippen LogP contribution in [0.4, 0.5) is 0 Å². The summed E-state index contributed by atoms with van der Waals surface area (Å²) in [5, 5.41) is 0.905. The molecule has 36 heavy (non-hydrogen) atoms. The maximum Gasteiger partial charge on any atom is 0.254 e. The fraction of sp³-hybridized carbons (Fsp3) is 0.323. The number of nitrogens with zero attached hydrogens (tertiary/aromatic N) is 4. The number of rotatable bonds is 4. The number of fused-ring (bicyclic) bond motifs is 1. The molecule has 2 aromatic carbocycles. The third kappa shape index (κ3) is 5.97. The molecule has 0 unspecified atom stereocenters. The Morgan fingerprint density at radius 3 is 2.28 bits per heavy atom. The van der Waals surface area contributed by atoms with Gasteiger partial charge in [-0.3, -0.25) is 14.7 Å². The number of pyridine rings is 2. The van der Waals surface area contributed by atoms with E-state index in [1.54, 1.807) is 6.20 Å². The molecule has 0 atom stereocenters. The van der Waals surface area contributed by atoms with Crippen molar-refractivity contribution in [3.05, 3.63) is 96.2 Å². The molecule has 1 aliphatic rings. The largest absolute Gasteiger partial charge is 0.339 e. The third-order valence-electron chi connectivity index (χ3n) is 6.96. The molecule has 1 aliphatic heterocycles. The molecule has 0 radical (unpaired) electrons. The minimum atomic E-state index is 0.0969. The van der Waals surface area contributed by atoms with E-state index in [-0.39, 0.29) is 5.91 Å². The first-order valence-corrected chi connectivity index (χ1v) is 13.1. The zero-order valence-electron chi connectivity index (χ0n) is 20.9. The molecule has 1 fully saturated rings. The number of carbonyl (C=O) groups is 1. The first kappa shape index (κ1) is 24.1. The zero-order valence-corrected chi connectivity index (χ0v) is 20.9. The summed E-state index contributed by atoms with van der Waals surface area (Å²) in [6.07, 6.45) is 7.34. The van der Waals surface area contributed by atoms with Crippen molar-refractivity contribution >= 4 is 16.8 Å². The van der Waals surface area contributed by atoms with Gasteiger partial charge in [-0.05, 0) is 55.6 Å². The van der Waals surface area contributed by atoms with Crippen molar-refractivity contribution in [3.8, 4) is 11.4 Å². The molecule has 0 N–H and O–H groups in total. The standard InChI is InChI=1S/C31H34N4O/c36-31(27-23-30(29-17-8-9-18-32-29)33-28-16-7-6-15-26(27)28)35-21-11-2-1-10-19-34(20-12-22-35)24-25-13-4-3-5-14-25/h3-9,13-18,23H,1-2,10-12,19-22,24H2. The lowest BCUT2D eigenvalue weighted by molar-refractivity contribution is 0.0748. The topological polar surface area (TPSA) is 49.3 Å². The van der Waals surface area contributed by atoms with Crippen molar-refractivity contribution in [1.29, 1.82) is 0 Å².